The summed E-state index contributed by atoms with van der Waals surface area (Å²) >= 11 is 0. The van der Waals surface area contributed by atoms with Gasteiger partial charge in [-0.15, -0.1) is 0 Å². The molecule has 0 heterocycles. The number of rotatable bonds is 56. The Morgan fingerprint density at radius 2 is 0.718 bits per heavy atom. The van der Waals surface area contributed by atoms with Crippen LogP contribution in [0.2, 0.25) is 0 Å². The average Bonchev–Trinajstić information content (AvgIpc) is 3.36. The minimum Gasteiger partial charge on any atom is -0.466 e. The van der Waals surface area contributed by atoms with Crippen molar-refractivity contribution in [2.24, 2.45) is 0 Å². The van der Waals surface area contributed by atoms with E-state index in [4.69, 9.17) is 18.9 Å². The summed E-state index contributed by atoms with van der Waals surface area (Å²) < 4.78 is 22.6. The maximum Gasteiger partial charge on any atom is 0.508 e. The van der Waals surface area contributed by atoms with Crippen molar-refractivity contribution in [3.8, 4) is 0 Å². The molecule has 0 atom stereocenters. The Hall–Kier alpha value is -2.39. The Labute approximate surface area is 440 Å². The van der Waals surface area contributed by atoms with Crippen LogP contribution in [0.5, 0.6) is 0 Å². The van der Waals surface area contributed by atoms with E-state index >= 15 is 0 Å². The quantitative estimate of drug-likeness (QED) is 0.0255. The summed E-state index contributed by atoms with van der Waals surface area (Å²) in [6.45, 7) is 18.3. The summed E-state index contributed by atoms with van der Waals surface area (Å²) in [5.41, 5.74) is 0. The van der Waals surface area contributed by atoms with E-state index in [0.717, 1.165) is 135 Å². The maximum atomic E-state index is 12.9. The molecule has 0 aliphatic rings. The fourth-order valence-electron chi connectivity index (χ4n) is 9.22. The summed E-state index contributed by atoms with van der Waals surface area (Å²) in [5, 5.41) is 0. The maximum absolute atomic E-state index is 12.9. The molecule has 0 fully saturated rings. The monoisotopic (exact) mass is 1000 g/mol. The topological polar surface area (TPSA) is 94.6 Å². The highest BCUT2D eigenvalue weighted by Crippen LogP contribution is 2.18. The molecule has 0 saturated carbocycles. The van der Waals surface area contributed by atoms with Gasteiger partial charge in [-0.25, -0.2) is 4.79 Å². The Morgan fingerprint density at radius 1 is 0.352 bits per heavy atom. The fourth-order valence-corrected chi connectivity index (χ4v) is 9.22. The van der Waals surface area contributed by atoms with Crippen LogP contribution in [-0.4, -0.2) is 93.1 Å². The number of carbonyl (C=O) groups is 3. The zero-order chi connectivity index (χ0) is 51.8. The smallest absolute Gasteiger partial charge is 0.466 e. The number of nitrogens with zero attached hydrogens (tertiary/aromatic N) is 2. The van der Waals surface area contributed by atoms with Gasteiger partial charge >= 0.3 is 18.1 Å². The van der Waals surface area contributed by atoms with Crippen LogP contribution in [-0.2, 0) is 28.5 Å². The van der Waals surface area contributed by atoms with Crippen LogP contribution >= 0.6 is 0 Å². The van der Waals surface area contributed by atoms with Crippen LogP contribution in [0.15, 0.2) is 24.3 Å². The molecule has 0 aliphatic carbocycles. The minimum atomic E-state index is -0.569. The number of carbonyl (C=O) groups excluding carboxylic acids is 3. The predicted molar refractivity (Wildman–Crippen MR) is 302 cm³/mol. The van der Waals surface area contributed by atoms with Gasteiger partial charge < -0.3 is 23.8 Å². The third kappa shape index (κ3) is 52.3. The van der Waals surface area contributed by atoms with Crippen molar-refractivity contribution >= 4 is 18.1 Å². The second-order valence-corrected chi connectivity index (χ2v) is 20.6. The van der Waals surface area contributed by atoms with Crippen molar-refractivity contribution in [2.45, 2.75) is 298 Å². The lowest BCUT2D eigenvalue weighted by molar-refractivity contribution is -0.144. The molecule has 0 unspecified atom stereocenters. The van der Waals surface area contributed by atoms with E-state index < -0.39 is 6.16 Å². The van der Waals surface area contributed by atoms with Gasteiger partial charge in [0.25, 0.3) is 0 Å². The number of unbranched alkanes of at least 4 members (excludes halogenated alkanes) is 28. The highest BCUT2D eigenvalue weighted by molar-refractivity contribution is 5.69. The van der Waals surface area contributed by atoms with Crippen LogP contribution in [0, 0.1) is 0 Å². The summed E-state index contributed by atoms with van der Waals surface area (Å²) in [4.78, 5) is 42.4. The first kappa shape index (κ1) is 68.6. The minimum absolute atomic E-state index is 0.0708. The second kappa shape index (κ2) is 56.9. The van der Waals surface area contributed by atoms with Crippen LogP contribution < -0.4 is 0 Å². The molecule has 0 rings (SSSR count). The highest BCUT2D eigenvalue weighted by Gasteiger charge is 2.17. The van der Waals surface area contributed by atoms with Crippen molar-refractivity contribution in [3.63, 3.8) is 0 Å². The van der Waals surface area contributed by atoms with Crippen molar-refractivity contribution in [1.29, 1.82) is 0 Å². The van der Waals surface area contributed by atoms with Crippen LogP contribution in [0.1, 0.15) is 291 Å². The first-order valence-electron chi connectivity index (χ1n) is 30.8. The molecular weight excluding hydrogens is 885 g/mol. The fraction of sp³-hybridized carbons (Fsp3) is 0.887. The van der Waals surface area contributed by atoms with E-state index in [9.17, 15) is 14.4 Å². The lowest BCUT2D eigenvalue weighted by atomic mass is 10.0. The van der Waals surface area contributed by atoms with Crippen molar-refractivity contribution in [2.75, 3.05) is 59.1 Å². The van der Waals surface area contributed by atoms with Crippen molar-refractivity contribution in [3.05, 3.63) is 24.3 Å². The van der Waals surface area contributed by atoms with Gasteiger partial charge in [-0.3, -0.25) is 14.5 Å². The zero-order valence-corrected chi connectivity index (χ0v) is 47.8. The third-order valence-corrected chi connectivity index (χ3v) is 13.8. The number of likely N-dealkylation sites (N-methyl/N-ethyl adjacent to an activating group) is 1. The van der Waals surface area contributed by atoms with E-state index in [1.165, 1.54) is 141 Å². The van der Waals surface area contributed by atoms with E-state index in [1.54, 1.807) is 0 Å². The van der Waals surface area contributed by atoms with Gasteiger partial charge in [0, 0.05) is 32.5 Å². The first-order chi connectivity index (χ1) is 34.9. The van der Waals surface area contributed by atoms with Crippen LogP contribution in [0.25, 0.3) is 0 Å². The Balaban J connectivity index is 4.38. The standard InChI is InChI=1S/C62H118N2O7/c1-6-11-13-15-17-19-21-23-25-27-29-31-33-35-43-49-60(65)68-56-45-39-37-41-47-59(71-62(67)70-58-55-63(10-5)53-54-64(51-8-3)52-9-4)48-42-38-40-46-57-69-61(66)50-44-36-34-32-30-28-26-24-22-20-18-16-14-12-7-2/h23-26,59H,6-22,27-58H2,1-5H3/b25-23-,26-24-. The number of hydrogen-bond donors (Lipinski definition) is 0. The second-order valence-electron chi connectivity index (χ2n) is 20.6. The SMILES string of the molecule is CCCCCCCC/C=C\CCCCCCCC(=O)OCCCCCCC(CCCCCCOC(=O)CCCCCCC/C=C\CCCCCCCC)OC(=O)OCCN(CC)CCN(CCC)CCC. The van der Waals surface area contributed by atoms with Crippen LogP contribution in [0.3, 0.4) is 0 Å². The number of allylic oxidation sites excluding steroid dienone is 4. The van der Waals surface area contributed by atoms with Gasteiger partial charge in [0.2, 0.25) is 0 Å². The highest BCUT2D eigenvalue weighted by atomic mass is 16.7. The van der Waals surface area contributed by atoms with Crippen molar-refractivity contribution < 1.29 is 33.3 Å². The molecule has 0 bridgehead atoms. The van der Waals surface area contributed by atoms with Crippen LogP contribution in [0.4, 0.5) is 4.79 Å². The summed E-state index contributed by atoms with van der Waals surface area (Å²) in [6.07, 6.45) is 53.6. The summed E-state index contributed by atoms with van der Waals surface area (Å²) in [6, 6.07) is 0. The Morgan fingerprint density at radius 3 is 1.13 bits per heavy atom. The van der Waals surface area contributed by atoms with Gasteiger partial charge in [0.05, 0.1) is 13.2 Å². The normalized spacial score (nSPS) is 11.8. The molecule has 9 heteroatoms. The Kier molecular flexibility index (Phi) is 55.0. The molecule has 0 aromatic carbocycles. The molecule has 0 spiro atoms. The molecular formula is C62H118N2O7. The lowest BCUT2D eigenvalue weighted by Gasteiger charge is -2.26. The van der Waals surface area contributed by atoms with Gasteiger partial charge in [-0.2, -0.15) is 0 Å². The average molecular weight is 1000 g/mol. The lowest BCUT2D eigenvalue weighted by Crippen LogP contribution is -2.37. The summed E-state index contributed by atoms with van der Waals surface area (Å²) in [5.74, 6) is -0.142. The molecule has 71 heavy (non-hydrogen) atoms. The van der Waals surface area contributed by atoms with Gasteiger partial charge in [-0.05, 0) is 135 Å². The van der Waals surface area contributed by atoms with E-state index in [2.05, 4.69) is 68.7 Å². The van der Waals surface area contributed by atoms with Crippen molar-refractivity contribution in [1.82, 2.24) is 9.80 Å². The molecule has 0 amide bonds. The first-order valence-corrected chi connectivity index (χ1v) is 30.8. The molecule has 0 aromatic heterocycles. The molecule has 418 valence electrons. The van der Waals surface area contributed by atoms with E-state index in [-0.39, 0.29) is 18.0 Å². The predicted octanol–water partition coefficient (Wildman–Crippen LogP) is 18.0. The van der Waals surface area contributed by atoms with Gasteiger partial charge in [0.15, 0.2) is 0 Å². The molecule has 9 nitrogen and oxygen atoms in total. The molecule has 0 radical (unpaired) electrons. The summed E-state index contributed by atoms with van der Waals surface area (Å²) in [7, 11) is 0. The molecule has 0 N–H and O–H groups in total. The number of hydrogen-bond acceptors (Lipinski definition) is 9. The molecule has 0 aliphatic heterocycles. The third-order valence-electron chi connectivity index (χ3n) is 13.8. The van der Waals surface area contributed by atoms with Gasteiger partial charge in [0.1, 0.15) is 12.7 Å². The largest absolute Gasteiger partial charge is 0.508 e. The molecule has 0 saturated heterocycles. The molecule has 0 aromatic rings. The van der Waals surface area contributed by atoms with E-state index in [1.807, 2.05) is 0 Å². The number of ether oxygens (including phenoxy) is 4. The van der Waals surface area contributed by atoms with E-state index in [0.29, 0.717) is 39.2 Å². The Bertz CT molecular complexity index is 1120. The number of esters is 2. The zero-order valence-electron chi connectivity index (χ0n) is 47.8. The van der Waals surface area contributed by atoms with Gasteiger partial charge in [-0.1, -0.05) is 187 Å².